The van der Waals surface area contributed by atoms with Crippen molar-refractivity contribution < 1.29 is 9.53 Å². The number of nitrogens with zero attached hydrogens (tertiary/aromatic N) is 2. The van der Waals surface area contributed by atoms with E-state index < -0.39 is 0 Å². The second kappa shape index (κ2) is 9.96. The van der Waals surface area contributed by atoms with E-state index >= 15 is 0 Å². The van der Waals surface area contributed by atoms with Gasteiger partial charge < -0.3 is 15.4 Å². The van der Waals surface area contributed by atoms with Crippen molar-refractivity contribution in [2.24, 2.45) is 0 Å². The fourth-order valence-corrected chi connectivity index (χ4v) is 1.77. The molecule has 0 radical (unpaired) electrons. The van der Waals surface area contributed by atoms with Crippen LogP contribution in [0.3, 0.4) is 0 Å². The summed E-state index contributed by atoms with van der Waals surface area (Å²) in [6.45, 7) is 7.97. The number of nitrogens with one attached hydrogen (secondary N) is 2. The van der Waals surface area contributed by atoms with Crippen molar-refractivity contribution in [1.29, 1.82) is 0 Å². The number of ether oxygens (including phenoxy) is 1. The van der Waals surface area contributed by atoms with Crippen molar-refractivity contribution in [3.8, 4) is 0 Å². The SMILES string of the molecule is CCCNc1cc(NCCCC(=O)OCC)nc(CC)n1. The first-order valence-electron chi connectivity index (χ1n) is 7.70. The lowest BCUT2D eigenvalue weighted by molar-refractivity contribution is -0.143. The second-order valence-electron chi connectivity index (χ2n) is 4.67. The smallest absolute Gasteiger partial charge is 0.305 e. The molecule has 6 nitrogen and oxygen atoms in total. The zero-order valence-corrected chi connectivity index (χ0v) is 13.2. The van der Waals surface area contributed by atoms with Gasteiger partial charge in [0.2, 0.25) is 0 Å². The monoisotopic (exact) mass is 294 g/mol. The highest BCUT2D eigenvalue weighted by Gasteiger charge is 2.04. The molecule has 0 amide bonds. The molecule has 0 aliphatic heterocycles. The molecule has 0 unspecified atom stereocenters. The molecule has 0 saturated heterocycles. The standard InChI is InChI=1S/C15H26N4O2/c1-4-9-16-13-11-14(19-12(5-2)18-13)17-10-7-8-15(20)21-6-3/h11H,4-10H2,1-3H3,(H2,16,17,18,19). The van der Waals surface area contributed by atoms with Gasteiger partial charge in [-0.1, -0.05) is 13.8 Å². The Morgan fingerprint density at radius 3 is 2.38 bits per heavy atom. The van der Waals surface area contributed by atoms with Gasteiger partial charge >= 0.3 is 5.97 Å². The molecule has 6 heteroatoms. The largest absolute Gasteiger partial charge is 0.466 e. The van der Waals surface area contributed by atoms with Crippen LogP contribution in [0.5, 0.6) is 0 Å². The van der Waals surface area contributed by atoms with Crippen LogP contribution in [-0.4, -0.2) is 35.6 Å². The van der Waals surface area contributed by atoms with Gasteiger partial charge in [-0.25, -0.2) is 9.97 Å². The number of anilines is 2. The third kappa shape index (κ3) is 6.92. The number of aryl methyl sites for hydroxylation is 1. The van der Waals surface area contributed by atoms with Crippen molar-refractivity contribution in [2.75, 3.05) is 30.3 Å². The fourth-order valence-electron chi connectivity index (χ4n) is 1.77. The van der Waals surface area contributed by atoms with Crippen LogP contribution in [-0.2, 0) is 16.0 Å². The molecule has 1 aromatic rings. The van der Waals surface area contributed by atoms with Crippen molar-refractivity contribution in [3.63, 3.8) is 0 Å². The van der Waals surface area contributed by atoms with Crippen molar-refractivity contribution in [1.82, 2.24) is 9.97 Å². The van der Waals surface area contributed by atoms with Gasteiger partial charge in [-0.2, -0.15) is 0 Å². The Bertz CT molecular complexity index is 438. The highest BCUT2D eigenvalue weighted by Crippen LogP contribution is 2.12. The molecule has 0 bridgehead atoms. The van der Waals surface area contributed by atoms with Gasteiger partial charge in [-0.15, -0.1) is 0 Å². The Balaban J connectivity index is 2.47. The number of carbonyl (C=O) groups excluding carboxylic acids is 1. The van der Waals surface area contributed by atoms with Gasteiger partial charge in [0.05, 0.1) is 6.61 Å². The summed E-state index contributed by atoms with van der Waals surface area (Å²) in [4.78, 5) is 20.1. The number of carbonyl (C=O) groups is 1. The van der Waals surface area contributed by atoms with E-state index in [0.29, 0.717) is 19.6 Å². The lowest BCUT2D eigenvalue weighted by atomic mass is 10.3. The average molecular weight is 294 g/mol. The summed E-state index contributed by atoms with van der Waals surface area (Å²) in [7, 11) is 0. The molecule has 21 heavy (non-hydrogen) atoms. The zero-order valence-electron chi connectivity index (χ0n) is 13.2. The Morgan fingerprint density at radius 1 is 1.14 bits per heavy atom. The lowest BCUT2D eigenvalue weighted by Gasteiger charge is -2.10. The quantitative estimate of drug-likeness (QED) is 0.510. The normalized spacial score (nSPS) is 10.2. The maximum atomic E-state index is 11.2. The summed E-state index contributed by atoms with van der Waals surface area (Å²) >= 11 is 0. The van der Waals surface area contributed by atoms with E-state index in [9.17, 15) is 4.79 Å². The van der Waals surface area contributed by atoms with Gasteiger partial charge in [0.1, 0.15) is 17.5 Å². The summed E-state index contributed by atoms with van der Waals surface area (Å²) in [6.07, 6.45) is 2.99. The number of rotatable bonds is 10. The summed E-state index contributed by atoms with van der Waals surface area (Å²) in [5, 5.41) is 6.50. The summed E-state index contributed by atoms with van der Waals surface area (Å²) in [5.41, 5.74) is 0. The van der Waals surface area contributed by atoms with Crippen molar-refractivity contribution in [3.05, 3.63) is 11.9 Å². The number of hydrogen-bond acceptors (Lipinski definition) is 6. The maximum absolute atomic E-state index is 11.2. The van der Waals surface area contributed by atoms with E-state index in [0.717, 1.165) is 43.3 Å². The fraction of sp³-hybridized carbons (Fsp3) is 0.667. The minimum atomic E-state index is -0.151. The van der Waals surface area contributed by atoms with Gasteiger partial charge in [0.15, 0.2) is 0 Å². The molecule has 1 heterocycles. The molecule has 1 rings (SSSR count). The molecular formula is C15H26N4O2. The minimum Gasteiger partial charge on any atom is -0.466 e. The van der Waals surface area contributed by atoms with E-state index in [-0.39, 0.29) is 5.97 Å². The Kier molecular flexibility index (Phi) is 8.16. The van der Waals surface area contributed by atoms with Gasteiger partial charge in [0, 0.05) is 32.0 Å². The van der Waals surface area contributed by atoms with Gasteiger partial charge in [-0.05, 0) is 19.8 Å². The first-order chi connectivity index (χ1) is 10.2. The Labute approximate surface area is 126 Å². The van der Waals surface area contributed by atoms with E-state index in [2.05, 4.69) is 27.5 Å². The van der Waals surface area contributed by atoms with Crippen molar-refractivity contribution in [2.45, 2.75) is 46.5 Å². The zero-order chi connectivity index (χ0) is 15.5. The van der Waals surface area contributed by atoms with Crippen LogP contribution >= 0.6 is 0 Å². The van der Waals surface area contributed by atoms with E-state index in [1.165, 1.54) is 0 Å². The third-order valence-electron chi connectivity index (χ3n) is 2.81. The average Bonchev–Trinajstić information content (AvgIpc) is 2.49. The molecule has 1 aromatic heterocycles. The Hall–Kier alpha value is -1.85. The highest BCUT2D eigenvalue weighted by molar-refractivity contribution is 5.69. The van der Waals surface area contributed by atoms with Crippen LogP contribution in [0, 0.1) is 0 Å². The Morgan fingerprint density at radius 2 is 1.81 bits per heavy atom. The molecular weight excluding hydrogens is 268 g/mol. The van der Waals surface area contributed by atoms with Crippen molar-refractivity contribution >= 4 is 17.6 Å². The topological polar surface area (TPSA) is 76.1 Å². The van der Waals surface area contributed by atoms with E-state index in [4.69, 9.17) is 4.74 Å². The lowest BCUT2D eigenvalue weighted by Crippen LogP contribution is -2.11. The van der Waals surface area contributed by atoms with E-state index in [1.54, 1.807) is 0 Å². The molecule has 0 aliphatic rings. The summed E-state index contributed by atoms with van der Waals surface area (Å²) in [5.74, 6) is 2.30. The molecule has 0 aromatic carbocycles. The van der Waals surface area contributed by atoms with Crippen LogP contribution in [0.25, 0.3) is 0 Å². The first-order valence-corrected chi connectivity index (χ1v) is 7.70. The maximum Gasteiger partial charge on any atom is 0.305 e. The molecule has 0 atom stereocenters. The summed E-state index contributed by atoms with van der Waals surface area (Å²) < 4.78 is 4.89. The predicted molar refractivity (Wildman–Crippen MR) is 84.5 cm³/mol. The molecule has 0 fully saturated rings. The minimum absolute atomic E-state index is 0.151. The van der Waals surface area contributed by atoms with Crippen LogP contribution in [0.1, 0.15) is 45.9 Å². The van der Waals surface area contributed by atoms with Crippen LogP contribution < -0.4 is 10.6 Å². The summed E-state index contributed by atoms with van der Waals surface area (Å²) in [6, 6.07) is 1.90. The molecule has 118 valence electrons. The molecule has 0 aliphatic carbocycles. The van der Waals surface area contributed by atoms with Crippen LogP contribution in [0.15, 0.2) is 6.07 Å². The second-order valence-corrected chi connectivity index (χ2v) is 4.67. The van der Waals surface area contributed by atoms with Gasteiger partial charge in [0.25, 0.3) is 0 Å². The predicted octanol–water partition coefficient (Wildman–Crippen LogP) is 2.62. The first kappa shape index (κ1) is 17.2. The molecule has 0 spiro atoms. The van der Waals surface area contributed by atoms with Crippen LogP contribution in [0.4, 0.5) is 11.6 Å². The number of esters is 1. The van der Waals surface area contributed by atoms with E-state index in [1.807, 2.05) is 19.9 Å². The molecule has 2 N–H and O–H groups in total. The highest BCUT2D eigenvalue weighted by atomic mass is 16.5. The van der Waals surface area contributed by atoms with Gasteiger partial charge in [-0.3, -0.25) is 4.79 Å². The number of hydrogen-bond donors (Lipinski definition) is 2. The molecule has 0 saturated carbocycles. The number of aromatic nitrogens is 2. The van der Waals surface area contributed by atoms with Crippen LogP contribution in [0.2, 0.25) is 0 Å². The third-order valence-corrected chi connectivity index (χ3v) is 2.81.